The molecule has 4 heteroatoms. The minimum absolute atomic E-state index is 0.0415. The lowest BCUT2D eigenvalue weighted by Gasteiger charge is -2.37. The van der Waals surface area contributed by atoms with Crippen LogP contribution in [-0.4, -0.2) is 18.5 Å². The van der Waals surface area contributed by atoms with Gasteiger partial charge in [0.15, 0.2) is 0 Å². The van der Waals surface area contributed by atoms with E-state index < -0.39 is 0 Å². The Kier molecular flexibility index (Phi) is 12.0. The van der Waals surface area contributed by atoms with Crippen LogP contribution in [0.5, 0.6) is 5.75 Å². The Labute approximate surface area is 219 Å². The molecule has 0 saturated heterocycles. The lowest BCUT2D eigenvalue weighted by molar-refractivity contribution is -0.140. The minimum atomic E-state index is -0.302. The standard InChI is InChI=1S/C32H48O4/c1-4-9-25-11-15-27(16-12-25)28-17-19-29(20-18-28)32(34)36-30-21-13-26(14-22-30)10-7-5-6-8-23-35-31(33)24(2)3/h13-14,21-22,25,27-29H,2,4-12,15-20,23H2,1,3H3. The molecular weight excluding hydrogens is 448 g/mol. The van der Waals surface area contributed by atoms with Gasteiger partial charge in [-0.1, -0.05) is 64.2 Å². The third-order valence-corrected chi connectivity index (χ3v) is 8.44. The van der Waals surface area contributed by atoms with E-state index in [9.17, 15) is 9.59 Å². The number of hydrogen-bond donors (Lipinski definition) is 0. The Bertz CT molecular complexity index is 811. The summed E-state index contributed by atoms with van der Waals surface area (Å²) in [7, 11) is 0. The lowest BCUT2D eigenvalue weighted by atomic mass is 9.69. The highest BCUT2D eigenvalue weighted by atomic mass is 16.5. The van der Waals surface area contributed by atoms with Crippen LogP contribution in [0.4, 0.5) is 0 Å². The molecule has 2 aliphatic carbocycles. The maximum Gasteiger partial charge on any atom is 0.333 e. The van der Waals surface area contributed by atoms with Crippen LogP contribution in [0.2, 0.25) is 0 Å². The van der Waals surface area contributed by atoms with Crippen molar-refractivity contribution in [1.82, 2.24) is 0 Å². The maximum atomic E-state index is 12.8. The lowest BCUT2D eigenvalue weighted by Crippen LogP contribution is -2.30. The van der Waals surface area contributed by atoms with Crippen molar-refractivity contribution in [1.29, 1.82) is 0 Å². The molecule has 4 nitrogen and oxygen atoms in total. The summed E-state index contributed by atoms with van der Waals surface area (Å²) in [6.45, 7) is 8.02. The van der Waals surface area contributed by atoms with E-state index in [2.05, 4.69) is 25.6 Å². The monoisotopic (exact) mass is 496 g/mol. The van der Waals surface area contributed by atoms with Crippen molar-refractivity contribution in [2.75, 3.05) is 6.61 Å². The van der Waals surface area contributed by atoms with Gasteiger partial charge in [0.05, 0.1) is 12.5 Å². The molecule has 1 aromatic rings. The zero-order chi connectivity index (χ0) is 25.8. The topological polar surface area (TPSA) is 52.6 Å². The van der Waals surface area contributed by atoms with E-state index in [1.54, 1.807) is 6.92 Å². The van der Waals surface area contributed by atoms with Crippen LogP contribution in [0.3, 0.4) is 0 Å². The van der Waals surface area contributed by atoms with Gasteiger partial charge in [-0.15, -0.1) is 0 Å². The van der Waals surface area contributed by atoms with Gasteiger partial charge in [-0.2, -0.15) is 0 Å². The summed E-state index contributed by atoms with van der Waals surface area (Å²) in [6.07, 6.45) is 17.9. The molecule has 3 rings (SSSR count). The largest absolute Gasteiger partial charge is 0.462 e. The van der Waals surface area contributed by atoms with E-state index in [1.165, 1.54) is 56.9 Å². The Hall–Kier alpha value is -2.10. The molecule has 0 atom stereocenters. The molecule has 2 saturated carbocycles. The second kappa shape index (κ2) is 15.2. The Balaban J connectivity index is 1.28. The molecule has 0 unspecified atom stereocenters. The van der Waals surface area contributed by atoms with Gasteiger partial charge in [-0.3, -0.25) is 4.79 Å². The molecule has 36 heavy (non-hydrogen) atoms. The van der Waals surface area contributed by atoms with Crippen molar-refractivity contribution < 1.29 is 19.1 Å². The highest BCUT2D eigenvalue weighted by Gasteiger charge is 2.33. The van der Waals surface area contributed by atoms with Crippen LogP contribution in [0, 0.1) is 23.7 Å². The predicted molar refractivity (Wildman–Crippen MR) is 146 cm³/mol. The smallest absolute Gasteiger partial charge is 0.333 e. The van der Waals surface area contributed by atoms with E-state index >= 15 is 0 Å². The average Bonchev–Trinajstić information content (AvgIpc) is 2.89. The third-order valence-electron chi connectivity index (χ3n) is 8.44. The van der Waals surface area contributed by atoms with Gasteiger partial charge in [0.25, 0.3) is 0 Å². The first-order chi connectivity index (χ1) is 17.5. The Morgan fingerprint density at radius 2 is 1.47 bits per heavy atom. The number of carbonyl (C=O) groups is 2. The summed E-state index contributed by atoms with van der Waals surface area (Å²) in [5, 5.41) is 0. The second-order valence-corrected chi connectivity index (χ2v) is 11.3. The number of ether oxygens (including phenoxy) is 2. The van der Waals surface area contributed by atoms with E-state index in [4.69, 9.17) is 9.47 Å². The summed E-state index contributed by atoms with van der Waals surface area (Å²) in [5.41, 5.74) is 1.71. The molecule has 0 N–H and O–H groups in total. The summed E-state index contributed by atoms with van der Waals surface area (Å²) >= 11 is 0. The molecule has 2 aliphatic rings. The van der Waals surface area contributed by atoms with Crippen molar-refractivity contribution in [3.8, 4) is 5.75 Å². The van der Waals surface area contributed by atoms with E-state index in [0.29, 0.717) is 17.9 Å². The molecule has 0 aromatic heterocycles. The van der Waals surface area contributed by atoms with Crippen LogP contribution >= 0.6 is 0 Å². The van der Waals surface area contributed by atoms with Gasteiger partial charge in [0.2, 0.25) is 0 Å². The molecule has 1 aromatic carbocycles. The van der Waals surface area contributed by atoms with Gasteiger partial charge in [0.1, 0.15) is 5.75 Å². The summed E-state index contributed by atoms with van der Waals surface area (Å²) in [5.74, 6) is 3.06. The molecule has 0 heterocycles. The number of esters is 2. The number of rotatable bonds is 13. The Morgan fingerprint density at radius 1 is 0.861 bits per heavy atom. The Morgan fingerprint density at radius 3 is 2.08 bits per heavy atom. The molecule has 200 valence electrons. The fraction of sp³-hybridized carbons (Fsp3) is 0.688. The van der Waals surface area contributed by atoms with Gasteiger partial charge >= 0.3 is 11.9 Å². The van der Waals surface area contributed by atoms with Crippen LogP contribution < -0.4 is 4.74 Å². The van der Waals surface area contributed by atoms with Crippen molar-refractivity contribution >= 4 is 11.9 Å². The van der Waals surface area contributed by atoms with Crippen molar-refractivity contribution in [2.24, 2.45) is 23.7 Å². The fourth-order valence-electron chi connectivity index (χ4n) is 6.18. The molecular formula is C32H48O4. The van der Waals surface area contributed by atoms with Crippen LogP contribution in [0.15, 0.2) is 36.4 Å². The summed E-state index contributed by atoms with van der Waals surface area (Å²) < 4.78 is 10.9. The normalized spacial score (nSPS) is 24.2. The first-order valence-electron chi connectivity index (χ1n) is 14.6. The SMILES string of the molecule is C=C(C)C(=O)OCCCCCCc1ccc(OC(=O)C2CCC(C3CCC(CCC)CC3)CC2)cc1. The molecule has 0 radical (unpaired) electrons. The third kappa shape index (κ3) is 9.41. The van der Waals surface area contributed by atoms with Crippen LogP contribution in [0.1, 0.15) is 109 Å². The van der Waals surface area contributed by atoms with E-state index in [-0.39, 0.29) is 17.9 Å². The van der Waals surface area contributed by atoms with Crippen molar-refractivity contribution in [3.63, 3.8) is 0 Å². The minimum Gasteiger partial charge on any atom is -0.462 e. The fourth-order valence-corrected chi connectivity index (χ4v) is 6.18. The van der Waals surface area contributed by atoms with Gasteiger partial charge in [0, 0.05) is 5.57 Å². The predicted octanol–water partition coefficient (Wildman–Crippen LogP) is 8.23. The first-order valence-corrected chi connectivity index (χ1v) is 14.6. The highest BCUT2D eigenvalue weighted by molar-refractivity contribution is 5.86. The number of aryl methyl sites for hydroxylation is 1. The molecule has 2 fully saturated rings. The van der Waals surface area contributed by atoms with Gasteiger partial charge < -0.3 is 9.47 Å². The summed E-state index contributed by atoms with van der Waals surface area (Å²) in [4.78, 5) is 24.1. The van der Waals surface area contributed by atoms with E-state index in [0.717, 1.165) is 62.7 Å². The zero-order valence-electron chi connectivity index (χ0n) is 22.8. The molecule has 0 aliphatic heterocycles. The highest BCUT2D eigenvalue weighted by Crippen LogP contribution is 2.42. The van der Waals surface area contributed by atoms with Crippen molar-refractivity contribution in [2.45, 2.75) is 110 Å². The van der Waals surface area contributed by atoms with Gasteiger partial charge in [-0.25, -0.2) is 4.79 Å². The molecule has 0 amide bonds. The van der Waals surface area contributed by atoms with Gasteiger partial charge in [-0.05, 0) is 100 Å². The number of benzene rings is 1. The molecule has 0 bridgehead atoms. The summed E-state index contributed by atoms with van der Waals surface area (Å²) in [6, 6.07) is 8.02. The zero-order valence-corrected chi connectivity index (χ0v) is 22.8. The van der Waals surface area contributed by atoms with E-state index in [1.807, 2.05) is 12.1 Å². The number of unbranched alkanes of at least 4 members (excludes halogenated alkanes) is 3. The molecule has 0 spiro atoms. The number of hydrogen-bond acceptors (Lipinski definition) is 4. The first kappa shape index (κ1) is 28.5. The average molecular weight is 497 g/mol. The maximum absolute atomic E-state index is 12.8. The van der Waals surface area contributed by atoms with Crippen LogP contribution in [-0.2, 0) is 20.7 Å². The number of carbonyl (C=O) groups excluding carboxylic acids is 2. The van der Waals surface area contributed by atoms with Crippen molar-refractivity contribution in [3.05, 3.63) is 42.0 Å². The quantitative estimate of drug-likeness (QED) is 0.119. The van der Waals surface area contributed by atoms with Crippen LogP contribution in [0.25, 0.3) is 0 Å². The second-order valence-electron chi connectivity index (χ2n) is 11.3.